The summed E-state index contributed by atoms with van der Waals surface area (Å²) in [6.07, 6.45) is 18.8. The summed E-state index contributed by atoms with van der Waals surface area (Å²) in [4.78, 5) is 54.2. The Hall–Kier alpha value is -11.9. The van der Waals surface area contributed by atoms with Gasteiger partial charge in [-0.3, -0.25) is 44.0 Å². The first-order chi connectivity index (χ1) is 50.3. The molecule has 104 heavy (non-hydrogen) atoms. The van der Waals surface area contributed by atoms with Gasteiger partial charge in [-0.1, -0.05) is 78.7 Å². The number of H-pyrrole nitrogens is 1. The third-order valence-electron chi connectivity index (χ3n) is 18.8. The number of ether oxygens (including phenoxy) is 1. The summed E-state index contributed by atoms with van der Waals surface area (Å²) in [5, 5.41) is 39.8. The minimum absolute atomic E-state index is 0.0586. The van der Waals surface area contributed by atoms with Crippen molar-refractivity contribution >= 4 is 57.6 Å². The predicted molar refractivity (Wildman–Crippen MR) is 408 cm³/mol. The molecule has 2 amide bonds. The third kappa shape index (κ3) is 17.2. The van der Waals surface area contributed by atoms with Gasteiger partial charge in [0, 0.05) is 103 Å². The van der Waals surface area contributed by atoms with E-state index in [2.05, 4.69) is 163 Å². The number of rotatable bonds is 19. The number of hydrogen-bond acceptors (Lipinski definition) is 19. The lowest BCUT2D eigenvalue weighted by molar-refractivity contribution is 0.0983. The Morgan fingerprint density at radius 1 is 0.673 bits per heavy atom. The van der Waals surface area contributed by atoms with Crippen molar-refractivity contribution in [3.8, 4) is 50.9 Å². The molecule has 24 nitrogen and oxygen atoms in total. The highest BCUT2D eigenvalue weighted by Crippen LogP contribution is 2.44. The first-order valence-electron chi connectivity index (χ1n) is 34.5. The minimum Gasteiger partial charge on any atom is -0.496 e. The molecular weight excluding hydrogens is 1330 g/mol. The number of piperidine rings is 1. The van der Waals surface area contributed by atoms with Crippen LogP contribution in [-0.2, 0) is 31.6 Å². The van der Waals surface area contributed by atoms with E-state index in [0.29, 0.717) is 69.0 Å². The molecule has 9 aromatic heterocycles. The molecule has 15 rings (SSSR count). The summed E-state index contributed by atoms with van der Waals surface area (Å²) in [6, 6.07) is 45.5. The summed E-state index contributed by atoms with van der Waals surface area (Å²) >= 11 is 6.23. The Kier molecular flexibility index (Phi) is 22.4. The molecule has 2 fully saturated rings. The monoisotopic (exact) mass is 1410 g/mol. The number of primary amides is 2. The zero-order valence-electron chi connectivity index (χ0n) is 59.5. The van der Waals surface area contributed by atoms with Gasteiger partial charge in [-0.25, -0.2) is 15.0 Å². The maximum Gasteiger partial charge on any atom is 0.266 e. The molecule has 1 aliphatic carbocycles. The number of aryl methyl sites for hydroxylation is 5. The third-order valence-corrected chi connectivity index (χ3v) is 19.1. The molecule has 3 aromatic carbocycles. The van der Waals surface area contributed by atoms with E-state index < -0.39 is 17.4 Å². The number of nitrogens with zero attached hydrogens (tertiary/aromatic N) is 14. The Morgan fingerprint density at radius 2 is 1.37 bits per heavy atom. The van der Waals surface area contributed by atoms with Crippen LogP contribution in [0.25, 0.3) is 56.1 Å². The molecule has 9 N–H and O–H groups in total. The van der Waals surface area contributed by atoms with Gasteiger partial charge < -0.3 is 37.5 Å². The number of pyridine rings is 4. The smallest absolute Gasteiger partial charge is 0.266 e. The summed E-state index contributed by atoms with van der Waals surface area (Å²) in [5.74, 6) is 2.46. The lowest BCUT2D eigenvalue weighted by Crippen LogP contribution is -2.42. The number of aromatic amines is 1. The highest BCUT2D eigenvalue weighted by molar-refractivity contribution is 6.31. The lowest BCUT2D eigenvalue weighted by atomic mass is 9.65. The second kappa shape index (κ2) is 32.4. The van der Waals surface area contributed by atoms with Crippen molar-refractivity contribution in [1.29, 1.82) is 0 Å². The Labute approximate surface area is 608 Å². The molecule has 25 heteroatoms. The first kappa shape index (κ1) is 71.9. The van der Waals surface area contributed by atoms with Gasteiger partial charge in [0.2, 0.25) is 5.95 Å². The number of carbonyl (C=O) groups is 2. The van der Waals surface area contributed by atoms with Gasteiger partial charge in [0.25, 0.3) is 11.8 Å². The molecule has 1 saturated carbocycles. The topological polar surface area (TPSA) is 323 Å². The number of amides is 2. The van der Waals surface area contributed by atoms with E-state index in [0.717, 1.165) is 95.5 Å². The normalized spacial score (nSPS) is 13.9. The van der Waals surface area contributed by atoms with Gasteiger partial charge in [0.15, 0.2) is 0 Å². The van der Waals surface area contributed by atoms with Crippen molar-refractivity contribution in [2.24, 2.45) is 36.5 Å². The van der Waals surface area contributed by atoms with Crippen molar-refractivity contribution in [3.05, 3.63) is 244 Å². The van der Waals surface area contributed by atoms with Gasteiger partial charge in [0.05, 0.1) is 63.9 Å². The minimum atomic E-state index is -0.565. The Balaban J connectivity index is 0.000000131. The van der Waals surface area contributed by atoms with Crippen LogP contribution in [0, 0.1) is 26.7 Å². The average molecular weight is 1410 g/mol. The van der Waals surface area contributed by atoms with Crippen molar-refractivity contribution in [3.63, 3.8) is 0 Å². The molecule has 0 bridgehead atoms. The fourth-order valence-corrected chi connectivity index (χ4v) is 13.3. The number of hydrogen-bond donors (Lipinski definition) is 7. The molecule has 1 saturated heterocycles. The van der Waals surface area contributed by atoms with E-state index in [-0.39, 0.29) is 5.41 Å². The van der Waals surface area contributed by atoms with E-state index in [9.17, 15) is 9.59 Å². The van der Waals surface area contributed by atoms with E-state index >= 15 is 0 Å². The van der Waals surface area contributed by atoms with Crippen LogP contribution in [0.3, 0.4) is 0 Å². The molecule has 0 spiro atoms. The van der Waals surface area contributed by atoms with Crippen LogP contribution in [0.4, 0.5) is 17.6 Å². The molecular formula is C79H84ClN21O3. The average Bonchev–Trinajstić information content (AvgIpc) is 1.09. The summed E-state index contributed by atoms with van der Waals surface area (Å²) < 4.78 is 8.34. The number of benzene rings is 3. The second-order valence-electron chi connectivity index (χ2n) is 26.6. The zero-order chi connectivity index (χ0) is 72.9. The van der Waals surface area contributed by atoms with Crippen LogP contribution >= 0.6 is 11.6 Å². The summed E-state index contributed by atoms with van der Waals surface area (Å²) in [5.41, 5.74) is 28.6. The van der Waals surface area contributed by atoms with Crippen LogP contribution in [-0.4, -0.2) is 121 Å². The van der Waals surface area contributed by atoms with Crippen LogP contribution in [0.1, 0.15) is 106 Å². The maximum atomic E-state index is 11.4. The van der Waals surface area contributed by atoms with Crippen molar-refractivity contribution in [1.82, 2.24) is 75.2 Å². The highest BCUT2D eigenvalue weighted by atomic mass is 35.5. The molecule has 0 radical (unpaired) electrons. The van der Waals surface area contributed by atoms with Gasteiger partial charge in [-0.05, 0) is 187 Å². The van der Waals surface area contributed by atoms with E-state index in [1.54, 1.807) is 64.1 Å². The summed E-state index contributed by atoms with van der Waals surface area (Å²) in [6.45, 7) is 14.7. The SMILES string of the molecule is C1=C(C2CCNCC2)CN=C1c1cnc2ccccc2c1.COc1cc(C)ccc1CNc1ccc(-c2cc(-c3ccccc3C)[nH]n2)cn1.Cc1cccnc1C1(CNc2ccc(-c3cc(C(N)=O)n(C)n3)nn2)CCC1.Cn1nc(-c2cnc(NC(C)(C)c3ncccc3Cl)nc2)cc1C(N)=O. The van der Waals surface area contributed by atoms with Crippen LogP contribution in [0.5, 0.6) is 5.75 Å². The second-order valence-corrected chi connectivity index (χ2v) is 27.0. The van der Waals surface area contributed by atoms with Crippen LogP contribution in [0.15, 0.2) is 193 Å². The fraction of sp³-hybridized carbons (Fsp3) is 0.266. The number of carbonyl (C=O) groups excluding carboxylic acids is 2. The number of nitrogens with two attached hydrogens (primary N) is 2. The number of nitrogens with one attached hydrogen (secondary N) is 5. The van der Waals surface area contributed by atoms with E-state index in [4.69, 9.17) is 32.8 Å². The number of fused-ring (bicyclic) bond motifs is 1. The fourth-order valence-electron chi connectivity index (χ4n) is 12.9. The number of methoxy groups -OCH3 is 1. The number of allylic oxidation sites excluding steroid dienone is 1. The number of anilines is 3. The number of halogens is 1. The highest BCUT2D eigenvalue weighted by Gasteiger charge is 2.41. The molecule has 2 aliphatic heterocycles. The predicted octanol–water partition coefficient (Wildman–Crippen LogP) is 12.9. The van der Waals surface area contributed by atoms with Crippen molar-refractivity contribution < 1.29 is 14.3 Å². The lowest BCUT2D eigenvalue weighted by Gasteiger charge is -2.42. The van der Waals surface area contributed by atoms with Gasteiger partial charge in [0.1, 0.15) is 40.2 Å². The Bertz CT molecular complexity index is 5050. The maximum absolute atomic E-state index is 11.4. The van der Waals surface area contributed by atoms with Crippen molar-refractivity contribution in [2.75, 3.05) is 49.2 Å². The van der Waals surface area contributed by atoms with E-state index in [1.807, 2.05) is 93.1 Å². The van der Waals surface area contributed by atoms with Gasteiger partial charge in [-0.15, -0.1) is 10.2 Å². The number of aromatic nitrogens is 14. The summed E-state index contributed by atoms with van der Waals surface area (Å²) in [7, 11) is 5.02. The molecule has 3 aliphatic rings. The number of para-hydroxylation sites is 1. The van der Waals surface area contributed by atoms with Crippen LogP contribution < -0.4 is 37.5 Å². The molecule has 11 heterocycles. The zero-order valence-corrected chi connectivity index (χ0v) is 60.2. The van der Waals surface area contributed by atoms with Crippen molar-refractivity contribution in [2.45, 2.75) is 84.2 Å². The molecule has 0 unspecified atom stereocenters. The van der Waals surface area contributed by atoms with Crippen LogP contribution in [0.2, 0.25) is 5.02 Å². The molecule has 530 valence electrons. The standard InChI is InChI=1S/C24H24N4O.C20H23N7O.C18H19N3.C17H18ClN7O/c1-16-8-9-19(23(12-16)29-3)15-26-24-11-10-18(14-25-24)21-13-22(28-27-21)20-7-5-4-6-17(20)2;1-13-5-3-10-22-18(13)20(8-4-9-20)12-23-17-7-6-14(24-25-17)15-11-16(19(21)28)27(2)26-15;1-2-4-17-14(3-1)9-16(12-20-17)18-10-15(11-21-18)13-5-7-19-8-6-13;1-17(2,14-11(18)5-4-6-20-14)23-16-21-8-10(9-22-16)12-7-13(15(19)26)25(3)24-12/h4-14H,15H2,1-3H3,(H,25,26)(H,27,28);3,5-7,10-11H,4,8-9,12H2,1-2H3,(H2,21,28)(H,23,25);1-4,9-10,12-13,19H,5-8,11H2;4-9H,1-3H3,(H2,19,26)(H,21,22,23). The number of aliphatic imine (C=N–C) groups is 1. The quantitative estimate of drug-likeness (QED) is 0.0395. The Morgan fingerprint density at radius 3 is 2.05 bits per heavy atom. The molecule has 0 atom stereocenters. The van der Waals surface area contributed by atoms with Gasteiger partial charge in [-0.2, -0.15) is 15.3 Å². The van der Waals surface area contributed by atoms with Gasteiger partial charge >= 0.3 is 0 Å². The molecule has 12 aromatic rings. The largest absolute Gasteiger partial charge is 0.496 e. The van der Waals surface area contributed by atoms with E-state index in [1.165, 1.54) is 62.0 Å². The first-order valence-corrected chi connectivity index (χ1v) is 34.8.